The smallest absolute Gasteiger partial charge is 0.257 e. The molecular weight excluding hydrogens is 419 g/mol. The fourth-order valence-corrected chi connectivity index (χ4v) is 3.71. The zero-order valence-electron chi connectivity index (χ0n) is 15.5. The normalized spacial score (nSPS) is 11.1. The Kier molecular flexibility index (Phi) is 4.66. The second-order valence-electron chi connectivity index (χ2n) is 6.82. The molecule has 0 saturated heterocycles. The lowest BCUT2D eigenvalue weighted by Gasteiger charge is -2.07. The summed E-state index contributed by atoms with van der Waals surface area (Å²) in [6.07, 6.45) is 0. The van der Waals surface area contributed by atoms with Crippen molar-refractivity contribution in [1.29, 1.82) is 0 Å². The summed E-state index contributed by atoms with van der Waals surface area (Å²) in [6, 6.07) is 24.4. The highest BCUT2D eigenvalue weighted by atomic mass is 35.5. The van der Waals surface area contributed by atoms with E-state index >= 15 is 0 Å². The van der Waals surface area contributed by atoms with E-state index in [9.17, 15) is 4.79 Å². The first kappa shape index (κ1) is 18.7. The first-order valence-corrected chi connectivity index (χ1v) is 9.99. The first-order chi connectivity index (χ1) is 14.6. The predicted octanol–water partition coefficient (Wildman–Crippen LogP) is 7.21. The summed E-state index contributed by atoms with van der Waals surface area (Å²) in [4.78, 5) is 17.1. The van der Waals surface area contributed by atoms with Crippen molar-refractivity contribution >= 4 is 56.7 Å². The Hall–Kier alpha value is -3.34. The Bertz CT molecular complexity index is 1430. The van der Waals surface area contributed by atoms with Gasteiger partial charge in [-0.1, -0.05) is 59.6 Å². The minimum atomic E-state index is -0.351. The number of rotatable bonds is 3. The molecule has 0 atom stereocenters. The molecule has 0 spiro atoms. The predicted molar refractivity (Wildman–Crippen MR) is 121 cm³/mol. The molecule has 1 heterocycles. The van der Waals surface area contributed by atoms with E-state index in [1.165, 1.54) is 0 Å². The molecule has 0 fully saturated rings. The number of hydrogen-bond donors (Lipinski definition) is 1. The van der Waals surface area contributed by atoms with Crippen LogP contribution in [0.1, 0.15) is 10.4 Å². The van der Waals surface area contributed by atoms with Gasteiger partial charge in [0.05, 0.1) is 15.6 Å². The Balaban J connectivity index is 1.46. The third-order valence-electron chi connectivity index (χ3n) is 4.84. The Morgan fingerprint density at radius 3 is 2.57 bits per heavy atom. The van der Waals surface area contributed by atoms with E-state index in [1.54, 1.807) is 36.4 Å². The van der Waals surface area contributed by atoms with E-state index in [0.717, 1.165) is 16.3 Å². The number of fused-ring (bicyclic) bond motifs is 2. The van der Waals surface area contributed by atoms with Crippen LogP contribution >= 0.6 is 23.2 Å². The third-order valence-corrected chi connectivity index (χ3v) is 5.66. The molecule has 4 nitrogen and oxygen atoms in total. The monoisotopic (exact) mass is 432 g/mol. The molecule has 1 aromatic heterocycles. The molecule has 1 amide bonds. The van der Waals surface area contributed by atoms with Gasteiger partial charge in [0.15, 0.2) is 5.58 Å². The summed E-state index contributed by atoms with van der Waals surface area (Å²) < 4.78 is 5.96. The second kappa shape index (κ2) is 7.48. The SMILES string of the molecule is O=C(Nc1ccc2nc(-c3ccc4ccccc4c3)oc2c1)c1cccc(Cl)c1Cl. The van der Waals surface area contributed by atoms with Crippen LogP contribution in [0, 0.1) is 0 Å². The molecule has 0 saturated carbocycles. The van der Waals surface area contributed by atoms with Gasteiger partial charge in [0.2, 0.25) is 5.89 Å². The first-order valence-electron chi connectivity index (χ1n) is 9.23. The number of oxazole rings is 1. The number of anilines is 1. The zero-order valence-corrected chi connectivity index (χ0v) is 17.0. The molecule has 6 heteroatoms. The van der Waals surface area contributed by atoms with Gasteiger partial charge in [-0.25, -0.2) is 4.98 Å². The fourth-order valence-electron chi connectivity index (χ4n) is 3.33. The van der Waals surface area contributed by atoms with Gasteiger partial charge in [-0.3, -0.25) is 4.79 Å². The molecule has 5 rings (SSSR count). The lowest BCUT2D eigenvalue weighted by Crippen LogP contribution is -2.12. The molecular formula is C24H14Cl2N2O2. The fraction of sp³-hybridized carbons (Fsp3) is 0. The molecule has 4 aromatic carbocycles. The number of nitrogens with zero attached hydrogens (tertiary/aromatic N) is 1. The van der Waals surface area contributed by atoms with Crippen molar-refractivity contribution in [1.82, 2.24) is 4.98 Å². The van der Waals surface area contributed by atoms with Crippen molar-refractivity contribution in [3.05, 3.63) is 94.5 Å². The minimum Gasteiger partial charge on any atom is -0.436 e. The number of aromatic nitrogens is 1. The van der Waals surface area contributed by atoms with Gasteiger partial charge in [-0.2, -0.15) is 0 Å². The highest BCUT2D eigenvalue weighted by Gasteiger charge is 2.14. The van der Waals surface area contributed by atoms with Gasteiger partial charge in [0.25, 0.3) is 5.91 Å². The van der Waals surface area contributed by atoms with Crippen LogP contribution < -0.4 is 5.32 Å². The van der Waals surface area contributed by atoms with Crippen molar-refractivity contribution < 1.29 is 9.21 Å². The van der Waals surface area contributed by atoms with E-state index in [4.69, 9.17) is 27.6 Å². The van der Waals surface area contributed by atoms with Gasteiger partial charge in [0, 0.05) is 17.3 Å². The summed E-state index contributed by atoms with van der Waals surface area (Å²) >= 11 is 12.1. The van der Waals surface area contributed by atoms with Crippen LogP contribution in [0.25, 0.3) is 33.3 Å². The standard InChI is InChI=1S/C24H14Cl2N2O2/c25-19-7-3-6-18(22(19)26)23(29)27-17-10-11-20-21(13-17)30-24(28-20)16-9-8-14-4-1-2-5-15(14)12-16/h1-13H,(H,27,29). The minimum absolute atomic E-state index is 0.219. The van der Waals surface area contributed by atoms with Gasteiger partial charge >= 0.3 is 0 Å². The maximum Gasteiger partial charge on any atom is 0.257 e. The van der Waals surface area contributed by atoms with Crippen LogP contribution in [0.15, 0.2) is 83.3 Å². The van der Waals surface area contributed by atoms with Crippen LogP contribution in [-0.2, 0) is 0 Å². The zero-order chi connectivity index (χ0) is 20.7. The number of amides is 1. The third kappa shape index (κ3) is 3.41. The number of carbonyl (C=O) groups is 1. The molecule has 1 N–H and O–H groups in total. The van der Waals surface area contributed by atoms with Gasteiger partial charge in [-0.15, -0.1) is 0 Å². The van der Waals surface area contributed by atoms with Crippen LogP contribution in [0.2, 0.25) is 10.0 Å². The maximum atomic E-state index is 12.6. The molecule has 30 heavy (non-hydrogen) atoms. The van der Waals surface area contributed by atoms with Crippen molar-refractivity contribution in [2.75, 3.05) is 5.32 Å². The van der Waals surface area contributed by atoms with Gasteiger partial charge in [0.1, 0.15) is 5.52 Å². The summed E-state index contributed by atoms with van der Waals surface area (Å²) in [6.45, 7) is 0. The second-order valence-corrected chi connectivity index (χ2v) is 7.60. The van der Waals surface area contributed by atoms with Crippen LogP contribution in [0.3, 0.4) is 0 Å². The van der Waals surface area contributed by atoms with Crippen molar-refractivity contribution in [3.8, 4) is 11.5 Å². The van der Waals surface area contributed by atoms with E-state index in [1.807, 2.05) is 30.3 Å². The molecule has 0 aliphatic heterocycles. The average Bonchev–Trinajstić information content (AvgIpc) is 3.18. The van der Waals surface area contributed by atoms with Crippen LogP contribution in [-0.4, -0.2) is 10.9 Å². The molecule has 5 aromatic rings. The van der Waals surface area contributed by atoms with Gasteiger partial charge in [-0.05, 0) is 47.2 Å². The average molecular weight is 433 g/mol. The quantitative estimate of drug-likeness (QED) is 0.327. The van der Waals surface area contributed by atoms with Crippen LogP contribution in [0.4, 0.5) is 5.69 Å². The van der Waals surface area contributed by atoms with E-state index in [-0.39, 0.29) is 10.9 Å². The Morgan fingerprint density at radius 2 is 1.70 bits per heavy atom. The summed E-state index contributed by atoms with van der Waals surface area (Å²) in [5.41, 5.74) is 3.05. The highest BCUT2D eigenvalue weighted by Crippen LogP contribution is 2.30. The number of nitrogens with one attached hydrogen (secondary N) is 1. The van der Waals surface area contributed by atoms with Gasteiger partial charge < -0.3 is 9.73 Å². The topological polar surface area (TPSA) is 55.1 Å². The number of halogens is 2. The molecule has 0 radical (unpaired) electrons. The van der Waals surface area contributed by atoms with Crippen molar-refractivity contribution in [2.24, 2.45) is 0 Å². The van der Waals surface area contributed by atoms with Crippen molar-refractivity contribution in [2.45, 2.75) is 0 Å². The van der Waals surface area contributed by atoms with Crippen molar-refractivity contribution in [3.63, 3.8) is 0 Å². The number of benzene rings is 4. The molecule has 0 unspecified atom stereocenters. The summed E-state index contributed by atoms with van der Waals surface area (Å²) in [5.74, 6) is 0.174. The molecule has 0 bridgehead atoms. The highest BCUT2D eigenvalue weighted by molar-refractivity contribution is 6.44. The lowest BCUT2D eigenvalue weighted by atomic mass is 10.1. The Labute approximate surface area is 182 Å². The molecule has 146 valence electrons. The maximum absolute atomic E-state index is 12.6. The summed E-state index contributed by atoms with van der Waals surface area (Å²) in [5, 5.41) is 5.64. The Morgan fingerprint density at radius 1 is 0.867 bits per heavy atom. The number of hydrogen-bond acceptors (Lipinski definition) is 3. The lowest BCUT2D eigenvalue weighted by molar-refractivity contribution is 0.102. The van der Waals surface area contributed by atoms with E-state index in [0.29, 0.717) is 33.3 Å². The van der Waals surface area contributed by atoms with Crippen LogP contribution in [0.5, 0.6) is 0 Å². The molecule has 0 aliphatic carbocycles. The molecule has 0 aliphatic rings. The summed E-state index contributed by atoms with van der Waals surface area (Å²) in [7, 11) is 0. The van der Waals surface area contributed by atoms with E-state index < -0.39 is 0 Å². The largest absolute Gasteiger partial charge is 0.436 e. The van der Waals surface area contributed by atoms with E-state index in [2.05, 4.69) is 22.4 Å². The number of carbonyl (C=O) groups excluding carboxylic acids is 1.